The highest BCUT2D eigenvalue weighted by atomic mass is 16.5. The maximum absolute atomic E-state index is 5.62. The van der Waals surface area contributed by atoms with Crippen LogP contribution in [0.25, 0.3) is 0 Å². The van der Waals surface area contributed by atoms with Gasteiger partial charge >= 0.3 is 0 Å². The van der Waals surface area contributed by atoms with Crippen molar-refractivity contribution in [3.63, 3.8) is 0 Å². The number of aryl methyl sites for hydroxylation is 1. The average Bonchev–Trinajstić information content (AvgIpc) is 2.66. The lowest BCUT2D eigenvalue weighted by Crippen LogP contribution is -2.11. The van der Waals surface area contributed by atoms with Gasteiger partial charge in [-0.3, -0.25) is 0 Å². The first-order valence-corrected chi connectivity index (χ1v) is 6.59. The van der Waals surface area contributed by atoms with Crippen LogP contribution in [0.1, 0.15) is 26.0 Å². The molecular formula is C14H25N3O. The molecule has 0 atom stereocenters. The summed E-state index contributed by atoms with van der Waals surface area (Å²) >= 11 is 0. The van der Waals surface area contributed by atoms with Gasteiger partial charge in [-0.1, -0.05) is 19.9 Å². The van der Waals surface area contributed by atoms with E-state index in [4.69, 9.17) is 4.74 Å². The maximum atomic E-state index is 5.62. The fourth-order valence-corrected chi connectivity index (χ4v) is 1.61. The molecule has 1 aromatic rings. The minimum Gasteiger partial charge on any atom is -0.380 e. The number of ether oxygens (including phenoxy) is 1. The van der Waals surface area contributed by atoms with Gasteiger partial charge in [-0.25, -0.2) is 4.98 Å². The standard InChI is InChI=1S/C14H25N3O/c1-5-7-15-14-16-13(4)11-17(14)8-10-18-9-6-12(2)3/h5,11-12H,1,6-10H2,2-4H3,(H,15,16). The highest BCUT2D eigenvalue weighted by Crippen LogP contribution is 2.08. The van der Waals surface area contributed by atoms with Crippen LogP contribution < -0.4 is 5.32 Å². The van der Waals surface area contributed by atoms with Crippen molar-refractivity contribution in [2.75, 3.05) is 25.1 Å². The van der Waals surface area contributed by atoms with E-state index in [9.17, 15) is 0 Å². The van der Waals surface area contributed by atoms with Gasteiger partial charge in [0.15, 0.2) is 0 Å². The molecule has 0 bridgehead atoms. The molecule has 0 saturated carbocycles. The quantitative estimate of drug-likeness (QED) is 0.542. The molecule has 1 N–H and O–H groups in total. The zero-order chi connectivity index (χ0) is 13.4. The number of nitrogens with one attached hydrogen (secondary N) is 1. The molecule has 102 valence electrons. The van der Waals surface area contributed by atoms with Crippen molar-refractivity contribution in [2.24, 2.45) is 5.92 Å². The second-order valence-corrected chi connectivity index (χ2v) is 4.86. The van der Waals surface area contributed by atoms with Gasteiger partial charge in [0.05, 0.1) is 12.3 Å². The molecule has 0 radical (unpaired) electrons. The van der Waals surface area contributed by atoms with Gasteiger partial charge in [-0.15, -0.1) is 6.58 Å². The van der Waals surface area contributed by atoms with Crippen molar-refractivity contribution in [3.05, 3.63) is 24.5 Å². The fourth-order valence-electron chi connectivity index (χ4n) is 1.61. The summed E-state index contributed by atoms with van der Waals surface area (Å²) in [5.41, 5.74) is 1.02. The number of imidazole rings is 1. The molecule has 1 heterocycles. The summed E-state index contributed by atoms with van der Waals surface area (Å²) in [6.45, 7) is 13.2. The normalized spacial score (nSPS) is 10.9. The van der Waals surface area contributed by atoms with E-state index in [2.05, 4.69) is 35.3 Å². The molecule has 0 aliphatic heterocycles. The Balaban J connectivity index is 2.34. The van der Waals surface area contributed by atoms with Gasteiger partial charge < -0.3 is 14.6 Å². The van der Waals surface area contributed by atoms with Crippen LogP contribution in [0.5, 0.6) is 0 Å². The van der Waals surface area contributed by atoms with E-state index in [1.165, 1.54) is 0 Å². The van der Waals surface area contributed by atoms with Gasteiger partial charge in [0.25, 0.3) is 0 Å². The predicted molar refractivity (Wildman–Crippen MR) is 75.9 cm³/mol. The van der Waals surface area contributed by atoms with Crippen LogP contribution in [-0.2, 0) is 11.3 Å². The molecule has 1 aromatic heterocycles. The van der Waals surface area contributed by atoms with Crippen LogP contribution in [0.2, 0.25) is 0 Å². The summed E-state index contributed by atoms with van der Waals surface area (Å²) in [5.74, 6) is 1.59. The molecule has 1 rings (SSSR count). The van der Waals surface area contributed by atoms with Gasteiger partial charge in [0.1, 0.15) is 0 Å². The van der Waals surface area contributed by atoms with Crippen LogP contribution in [0.4, 0.5) is 5.95 Å². The van der Waals surface area contributed by atoms with Crippen molar-refractivity contribution in [1.82, 2.24) is 9.55 Å². The van der Waals surface area contributed by atoms with E-state index in [-0.39, 0.29) is 0 Å². The molecule has 4 nitrogen and oxygen atoms in total. The summed E-state index contributed by atoms with van der Waals surface area (Å²) < 4.78 is 7.71. The van der Waals surface area contributed by atoms with E-state index in [0.29, 0.717) is 5.92 Å². The maximum Gasteiger partial charge on any atom is 0.203 e. The van der Waals surface area contributed by atoms with Crippen LogP contribution in [0, 0.1) is 12.8 Å². The molecule has 18 heavy (non-hydrogen) atoms. The summed E-state index contributed by atoms with van der Waals surface area (Å²) in [5, 5.41) is 3.22. The average molecular weight is 251 g/mol. The summed E-state index contributed by atoms with van der Waals surface area (Å²) in [4.78, 5) is 4.42. The Labute approximate surface area is 110 Å². The largest absolute Gasteiger partial charge is 0.380 e. The number of hydrogen-bond donors (Lipinski definition) is 1. The van der Waals surface area contributed by atoms with E-state index in [1.54, 1.807) is 0 Å². The molecule has 4 heteroatoms. The lowest BCUT2D eigenvalue weighted by atomic mass is 10.1. The molecule has 0 saturated heterocycles. The minimum absolute atomic E-state index is 0.699. The first-order chi connectivity index (χ1) is 8.63. The third-order valence-corrected chi connectivity index (χ3v) is 2.62. The van der Waals surface area contributed by atoms with Crippen molar-refractivity contribution in [1.29, 1.82) is 0 Å². The predicted octanol–water partition coefficient (Wildman–Crippen LogP) is 2.85. The van der Waals surface area contributed by atoms with Crippen molar-refractivity contribution in [3.8, 4) is 0 Å². The lowest BCUT2D eigenvalue weighted by molar-refractivity contribution is 0.116. The van der Waals surface area contributed by atoms with Crippen LogP contribution in [-0.4, -0.2) is 29.3 Å². The van der Waals surface area contributed by atoms with E-state index >= 15 is 0 Å². The number of hydrogen-bond acceptors (Lipinski definition) is 3. The Hall–Kier alpha value is -1.29. The number of aromatic nitrogens is 2. The van der Waals surface area contributed by atoms with Crippen molar-refractivity contribution >= 4 is 5.95 Å². The molecule has 0 aromatic carbocycles. The van der Waals surface area contributed by atoms with E-state index < -0.39 is 0 Å². The van der Waals surface area contributed by atoms with Crippen LogP contribution in [0.15, 0.2) is 18.9 Å². The van der Waals surface area contributed by atoms with Gasteiger partial charge in [-0.2, -0.15) is 0 Å². The Bertz CT molecular complexity index is 358. The van der Waals surface area contributed by atoms with Crippen molar-refractivity contribution < 1.29 is 4.74 Å². The third kappa shape index (κ3) is 5.36. The topological polar surface area (TPSA) is 39.1 Å². The second-order valence-electron chi connectivity index (χ2n) is 4.86. The van der Waals surface area contributed by atoms with Gasteiger partial charge in [0, 0.05) is 25.9 Å². The highest BCUT2D eigenvalue weighted by Gasteiger charge is 2.04. The minimum atomic E-state index is 0.699. The second kappa shape index (κ2) is 7.93. The Kier molecular flexibility index (Phi) is 6.50. The van der Waals surface area contributed by atoms with E-state index in [0.717, 1.165) is 44.4 Å². The van der Waals surface area contributed by atoms with E-state index in [1.807, 2.05) is 19.2 Å². The Morgan fingerprint density at radius 3 is 2.94 bits per heavy atom. The zero-order valence-corrected chi connectivity index (χ0v) is 11.8. The first-order valence-electron chi connectivity index (χ1n) is 6.59. The highest BCUT2D eigenvalue weighted by molar-refractivity contribution is 5.29. The molecule has 0 spiro atoms. The molecule has 0 unspecified atom stereocenters. The summed E-state index contributed by atoms with van der Waals surface area (Å²) in [6.07, 6.45) is 4.98. The van der Waals surface area contributed by atoms with Crippen LogP contribution in [0.3, 0.4) is 0 Å². The monoisotopic (exact) mass is 251 g/mol. The third-order valence-electron chi connectivity index (χ3n) is 2.62. The SMILES string of the molecule is C=CCNc1nc(C)cn1CCOCCC(C)C. The molecule has 0 aliphatic carbocycles. The lowest BCUT2D eigenvalue weighted by Gasteiger charge is -2.09. The molecule has 0 aliphatic rings. The van der Waals surface area contributed by atoms with Crippen LogP contribution >= 0.6 is 0 Å². The first kappa shape index (κ1) is 14.8. The molecule has 0 amide bonds. The summed E-state index contributed by atoms with van der Waals surface area (Å²) in [7, 11) is 0. The summed E-state index contributed by atoms with van der Waals surface area (Å²) in [6, 6.07) is 0. The zero-order valence-electron chi connectivity index (χ0n) is 11.8. The Morgan fingerprint density at radius 1 is 1.50 bits per heavy atom. The number of rotatable bonds is 9. The molecule has 0 fully saturated rings. The number of nitrogens with zero attached hydrogens (tertiary/aromatic N) is 2. The number of anilines is 1. The Morgan fingerprint density at radius 2 is 2.28 bits per heavy atom. The fraction of sp³-hybridized carbons (Fsp3) is 0.643. The van der Waals surface area contributed by atoms with Gasteiger partial charge in [-0.05, 0) is 19.3 Å². The van der Waals surface area contributed by atoms with Crippen molar-refractivity contribution in [2.45, 2.75) is 33.7 Å². The smallest absolute Gasteiger partial charge is 0.203 e. The van der Waals surface area contributed by atoms with Gasteiger partial charge in [0.2, 0.25) is 5.95 Å². The molecular weight excluding hydrogens is 226 g/mol.